The average molecular weight is 305 g/mol. The Morgan fingerprint density at radius 1 is 1.20 bits per heavy atom. The van der Waals surface area contributed by atoms with Crippen molar-refractivity contribution in [3.05, 3.63) is 57.8 Å². The van der Waals surface area contributed by atoms with E-state index in [1.807, 2.05) is 42.5 Å². The fraction of sp³-hybridized carbons (Fsp3) is 0.133. The minimum atomic E-state index is 0.680. The first-order valence-electron chi connectivity index (χ1n) is 6.19. The molecule has 0 aliphatic rings. The fourth-order valence-corrected chi connectivity index (χ4v) is 2.64. The number of para-hydroxylation sites is 1. The molecular formula is C15H13ClN2OS. The predicted molar refractivity (Wildman–Crippen MR) is 84.2 cm³/mol. The molecule has 0 aliphatic heterocycles. The van der Waals surface area contributed by atoms with E-state index in [2.05, 4.69) is 9.55 Å². The number of rotatable bonds is 3. The van der Waals surface area contributed by atoms with Gasteiger partial charge in [0.1, 0.15) is 11.3 Å². The second-order valence-electron chi connectivity index (χ2n) is 4.50. The first kappa shape index (κ1) is 13.2. The van der Waals surface area contributed by atoms with E-state index in [1.165, 1.54) is 0 Å². The summed E-state index contributed by atoms with van der Waals surface area (Å²) in [7, 11) is 1.65. The number of halogens is 1. The number of hydrogen-bond acceptors (Lipinski definition) is 2. The zero-order chi connectivity index (χ0) is 14.1. The molecule has 3 aromatic rings. The van der Waals surface area contributed by atoms with Gasteiger partial charge in [0.15, 0.2) is 4.77 Å². The highest BCUT2D eigenvalue weighted by atomic mass is 35.5. The van der Waals surface area contributed by atoms with Gasteiger partial charge in [-0.15, -0.1) is 0 Å². The van der Waals surface area contributed by atoms with E-state index in [-0.39, 0.29) is 0 Å². The molecule has 0 amide bonds. The Labute approximate surface area is 126 Å². The normalized spacial score (nSPS) is 10.9. The lowest BCUT2D eigenvalue weighted by molar-refractivity contribution is 0.419. The van der Waals surface area contributed by atoms with Crippen LogP contribution < -0.4 is 4.74 Å². The number of benzene rings is 2. The highest BCUT2D eigenvalue weighted by Gasteiger charge is 2.08. The summed E-state index contributed by atoms with van der Waals surface area (Å²) in [6.45, 7) is 0.698. The highest BCUT2D eigenvalue weighted by Crippen LogP contribution is 2.25. The van der Waals surface area contributed by atoms with Crippen LogP contribution in [-0.4, -0.2) is 16.7 Å². The number of ether oxygens (including phenoxy) is 1. The lowest BCUT2D eigenvalue weighted by atomic mass is 10.2. The van der Waals surface area contributed by atoms with Crippen LogP contribution >= 0.6 is 23.8 Å². The number of aromatic nitrogens is 2. The molecular weight excluding hydrogens is 292 g/mol. The number of hydrogen-bond donors (Lipinski definition) is 1. The van der Waals surface area contributed by atoms with Gasteiger partial charge in [0.05, 0.1) is 19.2 Å². The maximum atomic E-state index is 5.91. The Bertz CT molecular complexity index is 805. The molecule has 0 unspecified atom stereocenters. The Morgan fingerprint density at radius 2 is 1.95 bits per heavy atom. The van der Waals surface area contributed by atoms with Gasteiger partial charge in [0.2, 0.25) is 0 Å². The maximum Gasteiger partial charge on any atom is 0.178 e. The number of aromatic amines is 1. The molecule has 0 atom stereocenters. The van der Waals surface area contributed by atoms with E-state index >= 15 is 0 Å². The molecule has 102 valence electrons. The lowest BCUT2D eigenvalue weighted by Gasteiger charge is -2.06. The molecule has 0 bridgehead atoms. The highest BCUT2D eigenvalue weighted by molar-refractivity contribution is 7.71. The SMILES string of the molecule is COc1cccc2c1[nH]c(=S)n2Cc1ccc(Cl)cc1. The summed E-state index contributed by atoms with van der Waals surface area (Å²) in [5, 5.41) is 0.734. The smallest absolute Gasteiger partial charge is 0.178 e. The molecule has 0 radical (unpaired) electrons. The predicted octanol–water partition coefficient (Wildman–Crippen LogP) is 4.41. The summed E-state index contributed by atoms with van der Waals surface area (Å²) in [6, 6.07) is 13.7. The van der Waals surface area contributed by atoms with Gasteiger partial charge in [-0.1, -0.05) is 29.8 Å². The molecule has 1 heterocycles. The molecule has 0 saturated carbocycles. The van der Waals surface area contributed by atoms with Crippen molar-refractivity contribution in [3.63, 3.8) is 0 Å². The minimum Gasteiger partial charge on any atom is -0.494 e. The van der Waals surface area contributed by atoms with Crippen LogP contribution in [0.2, 0.25) is 5.02 Å². The molecule has 20 heavy (non-hydrogen) atoms. The first-order valence-corrected chi connectivity index (χ1v) is 6.97. The topological polar surface area (TPSA) is 29.9 Å². The van der Waals surface area contributed by atoms with Crippen LogP contribution in [0.1, 0.15) is 5.56 Å². The molecule has 3 rings (SSSR count). The summed E-state index contributed by atoms with van der Waals surface area (Å²) < 4.78 is 8.09. The Morgan fingerprint density at radius 3 is 2.65 bits per heavy atom. The van der Waals surface area contributed by atoms with Gasteiger partial charge in [-0.05, 0) is 42.0 Å². The molecule has 1 aromatic heterocycles. The minimum absolute atomic E-state index is 0.680. The lowest BCUT2D eigenvalue weighted by Crippen LogP contribution is -1.99. The fourth-order valence-electron chi connectivity index (χ4n) is 2.25. The van der Waals surface area contributed by atoms with E-state index in [4.69, 9.17) is 28.6 Å². The molecule has 0 fully saturated rings. The molecule has 0 spiro atoms. The van der Waals surface area contributed by atoms with Gasteiger partial charge < -0.3 is 14.3 Å². The third kappa shape index (κ3) is 2.32. The molecule has 0 aliphatic carbocycles. The van der Waals surface area contributed by atoms with Crippen molar-refractivity contribution >= 4 is 34.9 Å². The van der Waals surface area contributed by atoms with Crippen LogP contribution in [0, 0.1) is 4.77 Å². The number of fused-ring (bicyclic) bond motifs is 1. The number of nitrogens with zero attached hydrogens (tertiary/aromatic N) is 1. The third-order valence-corrected chi connectivity index (χ3v) is 3.82. The van der Waals surface area contributed by atoms with E-state index in [9.17, 15) is 0 Å². The van der Waals surface area contributed by atoms with E-state index in [1.54, 1.807) is 7.11 Å². The Kier molecular flexibility index (Phi) is 3.51. The largest absolute Gasteiger partial charge is 0.494 e. The van der Waals surface area contributed by atoms with Crippen molar-refractivity contribution in [2.45, 2.75) is 6.54 Å². The van der Waals surface area contributed by atoms with Gasteiger partial charge in [-0.2, -0.15) is 0 Å². The average Bonchev–Trinajstić information content (AvgIpc) is 2.77. The summed E-state index contributed by atoms with van der Waals surface area (Å²) in [4.78, 5) is 3.20. The van der Waals surface area contributed by atoms with Gasteiger partial charge >= 0.3 is 0 Å². The number of imidazole rings is 1. The van der Waals surface area contributed by atoms with Crippen LogP contribution in [0.4, 0.5) is 0 Å². The Hall–Kier alpha value is -1.78. The van der Waals surface area contributed by atoms with Gasteiger partial charge in [-0.25, -0.2) is 0 Å². The zero-order valence-electron chi connectivity index (χ0n) is 10.9. The second kappa shape index (κ2) is 5.31. The summed E-state index contributed by atoms with van der Waals surface area (Å²) in [5.41, 5.74) is 3.10. The van der Waals surface area contributed by atoms with Crippen LogP contribution in [0.3, 0.4) is 0 Å². The third-order valence-electron chi connectivity index (χ3n) is 3.25. The quantitative estimate of drug-likeness (QED) is 0.726. The van der Waals surface area contributed by atoms with Crippen molar-refractivity contribution in [2.24, 2.45) is 0 Å². The zero-order valence-corrected chi connectivity index (χ0v) is 12.5. The van der Waals surface area contributed by atoms with Crippen LogP contribution in [0.25, 0.3) is 11.0 Å². The number of H-pyrrole nitrogens is 1. The maximum absolute atomic E-state index is 5.91. The van der Waals surface area contributed by atoms with Crippen molar-refractivity contribution in [1.82, 2.24) is 9.55 Å². The molecule has 5 heteroatoms. The summed E-state index contributed by atoms with van der Waals surface area (Å²) in [5.74, 6) is 0.795. The van der Waals surface area contributed by atoms with Gasteiger partial charge in [0.25, 0.3) is 0 Å². The standard InChI is InChI=1S/C15H13ClN2OS/c1-19-13-4-2-3-12-14(13)17-15(20)18(12)9-10-5-7-11(16)8-6-10/h2-8H,9H2,1H3,(H,17,20). The summed E-state index contributed by atoms with van der Waals surface area (Å²) in [6.07, 6.45) is 0. The van der Waals surface area contributed by atoms with E-state index in [0.717, 1.165) is 27.4 Å². The Balaban J connectivity index is 2.10. The van der Waals surface area contributed by atoms with Gasteiger partial charge in [0, 0.05) is 5.02 Å². The molecule has 0 saturated heterocycles. The number of nitrogens with one attached hydrogen (secondary N) is 1. The molecule has 1 N–H and O–H groups in total. The molecule has 3 nitrogen and oxygen atoms in total. The van der Waals surface area contributed by atoms with Crippen LogP contribution in [0.15, 0.2) is 42.5 Å². The van der Waals surface area contributed by atoms with Crippen molar-refractivity contribution in [2.75, 3.05) is 7.11 Å². The monoisotopic (exact) mass is 304 g/mol. The first-order chi connectivity index (χ1) is 9.69. The van der Waals surface area contributed by atoms with Crippen LogP contribution in [-0.2, 0) is 6.54 Å². The second-order valence-corrected chi connectivity index (χ2v) is 5.32. The van der Waals surface area contributed by atoms with Crippen LogP contribution in [0.5, 0.6) is 5.75 Å². The van der Waals surface area contributed by atoms with Crippen molar-refractivity contribution in [3.8, 4) is 5.75 Å². The van der Waals surface area contributed by atoms with Gasteiger partial charge in [-0.3, -0.25) is 0 Å². The molecule has 2 aromatic carbocycles. The number of methoxy groups -OCH3 is 1. The van der Waals surface area contributed by atoms with E-state index < -0.39 is 0 Å². The van der Waals surface area contributed by atoms with E-state index in [0.29, 0.717) is 11.3 Å². The van der Waals surface area contributed by atoms with Crippen molar-refractivity contribution in [1.29, 1.82) is 0 Å². The van der Waals surface area contributed by atoms with Crippen molar-refractivity contribution < 1.29 is 4.74 Å². The summed E-state index contributed by atoms with van der Waals surface area (Å²) >= 11 is 11.3.